The Balaban J connectivity index is 1.16. The molecule has 41 heavy (non-hydrogen) atoms. The molecule has 6 rings (SSSR count). The molecule has 0 bridgehead atoms. The molecule has 5 aromatic rings. The van der Waals surface area contributed by atoms with Gasteiger partial charge in [-0.15, -0.1) is 0 Å². The summed E-state index contributed by atoms with van der Waals surface area (Å²) in [6, 6.07) is 41.2. The lowest BCUT2D eigenvalue weighted by Crippen LogP contribution is -2.49. The van der Waals surface area contributed by atoms with Crippen molar-refractivity contribution in [2.45, 2.75) is 12.6 Å². The van der Waals surface area contributed by atoms with Crippen LogP contribution in [0, 0.1) is 0 Å². The van der Waals surface area contributed by atoms with Crippen LogP contribution in [0.4, 0.5) is 0 Å². The van der Waals surface area contributed by atoms with E-state index in [0.717, 1.165) is 35.2 Å². The molecule has 1 amide bonds. The summed E-state index contributed by atoms with van der Waals surface area (Å²) in [4.78, 5) is 18.1. The van der Waals surface area contributed by atoms with E-state index in [-0.39, 0.29) is 11.9 Å². The topological polar surface area (TPSA) is 42.0 Å². The summed E-state index contributed by atoms with van der Waals surface area (Å²) >= 11 is 0. The van der Waals surface area contributed by atoms with Crippen molar-refractivity contribution in [1.82, 2.24) is 9.80 Å². The number of hydrogen-bond acceptors (Lipinski definition) is 4. The Hall–Kier alpha value is -4.61. The number of piperazine rings is 1. The van der Waals surface area contributed by atoms with Crippen molar-refractivity contribution in [3.63, 3.8) is 0 Å². The highest BCUT2D eigenvalue weighted by Gasteiger charge is 2.28. The Morgan fingerprint density at radius 1 is 0.707 bits per heavy atom. The molecule has 5 heteroatoms. The van der Waals surface area contributed by atoms with Gasteiger partial charge in [0.15, 0.2) is 0 Å². The normalized spacial score (nSPS) is 13.9. The predicted molar refractivity (Wildman–Crippen MR) is 163 cm³/mol. The van der Waals surface area contributed by atoms with Gasteiger partial charge < -0.3 is 14.4 Å². The van der Waals surface area contributed by atoms with Crippen LogP contribution in [0.2, 0.25) is 0 Å². The molecule has 1 saturated heterocycles. The molecule has 5 nitrogen and oxygen atoms in total. The van der Waals surface area contributed by atoms with E-state index in [1.165, 1.54) is 11.1 Å². The summed E-state index contributed by atoms with van der Waals surface area (Å²) in [6.45, 7) is 3.24. The van der Waals surface area contributed by atoms with E-state index in [0.29, 0.717) is 31.0 Å². The van der Waals surface area contributed by atoms with Gasteiger partial charge in [-0.1, -0.05) is 97.1 Å². The van der Waals surface area contributed by atoms with E-state index in [2.05, 4.69) is 83.8 Å². The van der Waals surface area contributed by atoms with Gasteiger partial charge in [0, 0.05) is 42.7 Å². The molecule has 0 saturated carbocycles. The fourth-order valence-electron chi connectivity index (χ4n) is 5.75. The monoisotopic (exact) mass is 542 g/mol. The van der Waals surface area contributed by atoms with Crippen LogP contribution in [0.25, 0.3) is 10.8 Å². The van der Waals surface area contributed by atoms with Crippen molar-refractivity contribution < 1.29 is 14.3 Å². The Bertz CT molecular complexity index is 1570. The number of nitrogens with zero attached hydrogens (tertiary/aromatic N) is 2. The molecule has 206 valence electrons. The van der Waals surface area contributed by atoms with E-state index in [4.69, 9.17) is 9.47 Å². The van der Waals surface area contributed by atoms with Crippen LogP contribution in [-0.4, -0.2) is 49.0 Å². The SMILES string of the molecule is COc1ccc(C(=O)N2CCN(C(c3ccccc3)c3ccccc3)CC2)cc1COc1cccc2ccccc12. The zero-order chi connectivity index (χ0) is 28.0. The Morgan fingerprint density at radius 3 is 2.02 bits per heavy atom. The highest BCUT2D eigenvalue weighted by Crippen LogP contribution is 2.31. The predicted octanol–water partition coefficient (Wildman–Crippen LogP) is 6.97. The van der Waals surface area contributed by atoms with Gasteiger partial charge in [-0.05, 0) is 40.8 Å². The molecule has 0 radical (unpaired) electrons. The number of methoxy groups -OCH3 is 1. The smallest absolute Gasteiger partial charge is 0.253 e. The summed E-state index contributed by atoms with van der Waals surface area (Å²) in [6.07, 6.45) is 0. The molecule has 1 heterocycles. The van der Waals surface area contributed by atoms with Gasteiger partial charge in [0.05, 0.1) is 13.2 Å². The average Bonchev–Trinajstić information content (AvgIpc) is 3.05. The summed E-state index contributed by atoms with van der Waals surface area (Å²) in [5.41, 5.74) is 4.03. The summed E-state index contributed by atoms with van der Waals surface area (Å²) in [5.74, 6) is 1.55. The van der Waals surface area contributed by atoms with Crippen LogP contribution in [0.3, 0.4) is 0 Å². The highest BCUT2D eigenvalue weighted by atomic mass is 16.5. The van der Waals surface area contributed by atoms with Crippen LogP contribution in [0.1, 0.15) is 33.1 Å². The quantitative estimate of drug-likeness (QED) is 0.212. The van der Waals surface area contributed by atoms with E-state index in [9.17, 15) is 4.79 Å². The van der Waals surface area contributed by atoms with Gasteiger partial charge in [-0.2, -0.15) is 0 Å². The lowest BCUT2D eigenvalue weighted by atomic mass is 9.96. The molecular formula is C36H34N2O3. The molecule has 0 unspecified atom stereocenters. The first-order valence-electron chi connectivity index (χ1n) is 14.1. The van der Waals surface area contributed by atoms with E-state index < -0.39 is 0 Å². The number of rotatable bonds is 8. The van der Waals surface area contributed by atoms with Gasteiger partial charge in [0.1, 0.15) is 18.1 Å². The van der Waals surface area contributed by atoms with Gasteiger partial charge in [-0.25, -0.2) is 0 Å². The number of hydrogen-bond donors (Lipinski definition) is 0. The van der Waals surface area contributed by atoms with Crippen LogP contribution >= 0.6 is 0 Å². The molecular weight excluding hydrogens is 508 g/mol. The number of ether oxygens (including phenoxy) is 2. The minimum absolute atomic E-state index is 0.0367. The zero-order valence-electron chi connectivity index (χ0n) is 23.3. The number of fused-ring (bicyclic) bond motifs is 1. The van der Waals surface area contributed by atoms with Crippen molar-refractivity contribution in [3.05, 3.63) is 144 Å². The molecule has 0 atom stereocenters. The first kappa shape index (κ1) is 26.6. The lowest BCUT2D eigenvalue weighted by molar-refractivity contribution is 0.0597. The maximum atomic E-state index is 13.6. The first-order valence-corrected chi connectivity index (χ1v) is 14.1. The Morgan fingerprint density at radius 2 is 1.34 bits per heavy atom. The van der Waals surface area contributed by atoms with Crippen molar-refractivity contribution >= 4 is 16.7 Å². The van der Waals surface area contributed by atoms with Crippen molar-refractivity contribution in [2.75, 3.05) is 33.3 Å². The second-order valence-electron chi connectivity index (χ2n) is 10.3. The van der Waals surface area contributed by atoms with Crippen molar-refractivity contribution in [3.8, 4) is 11.5 Å². The fourth-order valence-corrected chi connectivity index (χ4v) is 5.75. The molecule has 0 spiro atoms. The molecule has 1 fully saturated rings. The van der Waals surface area contributed by atoms with E-state index in [1.807, 2.05) is 47.4 Å². The zero-order valence-corrected chi connectivity index (χ0v) is 23.3. The average molecular weight is 543 g/mol. The molecule has 0 N–H and O–H groups in total. The Kier molecular flexibility index (Phi) is 7.97. The molecule has 1 aliphatic heterocycles. The number of carbonyl (C=O) groups excluding carboxylic acids is 1. The van der Waals surface area contributed by atoms with Crippen molar-refractivity contribution in [2.24, 2.45) is 0 Å². The van der Waals surface area contributed by atoms with Gasteiger partial charge in [0.2, 0.25) is 0 Å². The fraction of sp³-hybridized carbons (Fsp3) is 0.194. The third-order valence-corrected chi connectivity index (χ3v) is 7.86. The van der Waals surface area contributed by atoms with Crippen LogP contribution in [-0.2, 0) is 6.61 Å². The highest BCUT2D eigenvalue weighted by molar-refractivity contribution is 5.94. The summed E-state index contributed by atoms with van der Waals surface area (Å²) < 4.78 is 11.9. The number of amides is 1. The van der Waals surface area contributed by atoms with Gasteiger partial charge in [0.25, 0.3) is 5.91 Å². The third kappa shape index (κ3) is 5.81. The largest absolute Gasteiger partial charge is 0.496 e. The molecule has 5 aromatic carbocycles. The standard InChI is InChI=1S/C36H34N2O3/c1-40-33-20-19-30(25-31(33)26-41-34-18-10-16-27-11-8-9-17-32(27)34)36(39)38-23-21-37(22-24-38)35(28-12-4-2-5-13-28)29-14-6-3-7-15-29/h2-20,25,35H,21-24,26H2,1H3. The minimum Gasteiger partial charge on any atom is -0.496 e. The lowest BCUT2D eigenvalue weighted by Gasteiger charge is -2.40. The maximum absolute atomic E-state index is 13.6. The first-order chi connectivity index (χ1) is 20.2. The molecule has 1 aliphatic rings. The van der Waals surface area contributed by atoms with Crippen molar-refractivity contribution in [1.29, 1.82) is 0 Å². The van der Waals surface area contributed by atoms with Crippen LogP contribution in [0.5, 0.6) is 11.5 Å². The second kappa shape index (κ2) is 12.3. The van der Waals surface area contributed by atoms with Crippen LogP contribution in [0.15, 0.2) is 121 Å². The van der Waals surface area contributed by atoms with Crippen LogP contribution < -0.4 is 9.47 Å². The summed E-state index contributed by atoms with van der Waals surface area (Å²) in [7, 11) is 1.65. The minimum atomic E-state index is 0.0367. The maximum Gasteiger partial charge on any atom is 0.253 e. The van der Waals surface area contributed by atoms with E-state index in [1.54, 1.807) is 7.11 Å². The number of carbonyl (C=O) groups is 1. The third-order valence-electron chi connectivity index (χ3n) is 7.86. The van der Waals surface area contributed by atoms with E-state index >= 15 is 0 Å². The Labute approximate surface area is 241 Å². The summed E-state index contributed by atoms with van der Waals surface area (Å²) in [5, 5.41) is 2.19. The van der Waals surface area contributed by atoms with Gasteiger partial charge >= 0.3 is 0 Å². The van der Waals surface area contributed by atoms with Gasteiger partial charge in [-0.3, -0.25) is 9.69 Å². The number of benzene rings is 5. The molecule has 0 aliphatic carbocycles. The second-order valence-corrected chi connectivity index (χ2v) is 10.3. The molecule has 0 aromatic heterocycles.